The van der Waals surface area contributed by atoms with Gasteiger partial charge in [-0.15, -0.1) is 0 Å². The van der Waals surface area contributed by atoms with Crippen molar-refractivity contribution in [2.24, 2.45) is 0 Å². The number of nitrogens with zero attached hydrogens (tertiary/aromatic N) is 5. The molecule has 0 radical (unpaired) electrons. The summed E-state index contributed by atoms with van der Waals surface area (Å²) < 4.78 is 14.8. The first-order chi connectivity index (χ1) is 9.15. The Balaban J connectivity index is 2.15. The number of halogens is 2. The van der Waals surface area contributed by atoms with Crippen LogP contribution in [0.3, 0.4) is 0 Å². The van der Waals surface area contributed by atoms with Crippen molar-refractivity contribution in [2.75, 3.05) is 11.9 Å². The molecule has 19 heavy (non-hydrogen) atoms. The lowest BCUT2D eigenvalue weighted by Gasteiger charge is -2.19. The van der Waals surface area contributed by atoms with E-state index in [0.717, 1.165) is 0 Å². The molecule has 0 aliphatic heterocycles. The fourth-order valence-electron chi connectivity index (χ4n) is 1.82. The molecule has 1 aromatic carbocycles. The molecule has 0 atom stereocenters. The molecule has 0 amide bonds. The van der Waals surface area contributed by atoms with E-state index < -0.39 is 0 Å². The number of fused-ring (bicyclic) bond motifs is 1. The molecule has 7 heteroatoms. The molecule has 0 aliphatic carbocycles. The molecule has 3 aromatic rings. The van der Waals surface area contributed by atoms with Crippen LogP contribution in [0, 0.1) is 5.82 Å². The Kier molecular flexibility index (Phi) is 2.79. The smallest absolute Gasteiger partial charge is 0.255 e. The Morgan fingerprint density at radius 2 is 2.16 bits per heavy atom. The maximum absolute atomic E-state index is 13.3. The lowest BCUT2D eigenvalue weighted by Crippen LogP contribution is -2.14. The van der Waals surface area contributed by atoms with Gasteiger partial charge in [-0.2, -0.15) is 19.6 Å². The highest BCUT2D eigenvalue weighted by Gasteiger charge is 2.12. The average Bonchev–Trinajstić information content (AvgIpc) is 2.85. The van der Waals surface area contributed by atoms with E-state index in [9.17, 15) is 4.39 Å². The van der Waals surface area contributed by atoms with Crippen LogP contribution in [-0.4, -0.2) is 26.6 Å². The Bertz CT molecular complexity index is 742. The molecule has 3 rings (SSSR count). The van der Waals surface area contributed by atoms with E-state index >= 15 is 0 Å². The lowest BCUT2D eigenvalue weighted by molar-refractivity contribution is 0.628. The zero-order valence-corrected chi connectivity index (χ0v) is 10.7. The minimum atomic E-state index is -0.306. The number of hydrogen-bond donors (Lipinski definition) is 0. The maximum atomic E-state index is 13.3. The van der Waals surface area contributed by atoms with E-state index in [0.29, 0.717) is 22.4 Å². The van der Waals surface area contributed by atoms with Crippen molar-refractivity contribution >= 4 is 28.9 Å². The highest BCUT2D eigenvalue weighted by Crippen LogP contribution is 2.25. The van der Waals surface area contributed by atoms with Crippen molar-refractivity contribution in [3.63, 3.8) is 0 Å². The molecule has 0 N–H and O–H groups in total. The first-order valence-electron chi connectivity index (χ1n) is 5.51. The summed E-state index contributed by atoms with van der Waals surface area (Å²) in [5, 5.41) is 4.38. The summed E-state index contributed by atoms with van der Waals surface area (Å²) in [5.41, 5.74) is 0.680. The number of hydrogen-bond acceptors (Lipinski definition) is 4. The van der Waals surface area contributed by atoms with Gasteiger partial charge in [-0.05, 0) is 18.2 Å². The molecule has 0 unspecified atom stereocenters. The van der Waals surface area contributed by atoms with Gasteiger partial charge >= 0.3 is 0 Å². The third-order valence-electron chi connectivity index (χ3n) is 2.74. The molecule has 0 bridgehead atoms. The van der Waals surface area contributed by atoms with Crippen LogP contribution >= 0.6 is 11.6 Å². The summed E-state index contributed by atoms with van der Waals surface area (Å²) in [6, 6.07) is 7.90. The van der Waals surface area contributed by atoms with E-state index in [-0.39, 0.29) is 5.82 Å². The molecule has 0 spiro atoms. The Morgan fingerprint density at radius 3 is 2.95 bits per heavy atom. The standard InChI is InChI=1S/C12H9ClFN5/c1-18(9-4-2-3-8(14)5-9)11-6-10(13)17-12-15-7-16-19(11)12/h2-7H,1H3. The van der Waals surface area contributed by atoms with Crippen LogP contribution in [0.25, 0.3) is 5.78 Å². The molecular weight excluding hydrogens is 269 g/mol. The predicted octanol–water partition coefficient (Wildman–Crippen LogP) is 2.68. The molecule has 96 valence electrons. The SMILES string of the molecule is CN(c1cccc(F)c1)c1cc(Cl)nc2ncnn12. The molecular formula is C12H9ClFN5. The summed E-state index contributed by atoms with van der Waals surface area (Å²) in [6.07, 6.45) is 1.39. The minimum absolute atomic E-state index is 0.304. The molecule has 0 aliphatic rings. The zero-order valence-electron chi connectivity index (χ0n) is 9.96. The van der Waals surface area contributed by atoms with Crippen molar-refractivity contribution in [3.8, 4) is 0 Å². The Hall–Kier alpha value is -2.21. The third-order valence-corrected chi connectivity index (χ3v) is 2.93. The second-order valence-electron chi connectivity index (χ2n) is 3.95. The van der Waals surface area contributed by atoms with E-state index in [2.05, 4.69) is 15.1 Å². The second kappa shape index (κ2) is 4.47. The summed E-state index contributed by atoms with van der Waals surface area (Å²) in [7, 11) is 1.79. The molecule has 0 saturated carbocycles. The van der Waals surface area contributed by atoms with Crippen LogP contribution in [0.1, 0.15) is 0 Å². The van der Waals surface area contributed by atoms with Crippen LogP contribution in [0.2, 0.25) is 5.15 Å². The van der Waals surface area contributed by atoms with Gasteiger partial charge in [0, 0.05) is 18.8 Å². The van der Waals surface area contributed by atoms with Crippen LogP contribution in [-0.2, 0) is 0 Å². The number of aromatic nitrogens is 4. The van der Waals surface area contributed by atoms with Crippen LogP contribution in [0.5, 0.6) is 0 Å². The predicted molar refractivity (Wildman–Crippen MR) is 70.3 cm³/mol. The van der Waals surface area contributed by atoms with Gasteiger partial charge in [0.05, 0.1) is 0 Å². The average molecular weight is 278 g/mol. The van der Waals surface area contributed by atoms with Gasteiger partial charge in [-0.3, -0.25) is 0 Å². The monoisotopic (exact) mass is 277 g/mol. The van der Waals surface area contributed by atoms with Crippen LogP contribution < -0.4 is 4.90 Å². The van der Waals surface area contributed by atoms with Gasteiger partial charge in [0.15, 0.2) is 0 Å². The topological polar surface area (TPSA) is 46.3 Å². The third kappa shape index (κ3) is 2.10. The van der Waals surface area contributed by atoms with Crippen molar-refractivity contribution in [1.82, 2.24) is 19.6 Å². The van der Waals surface area contributed by atoms with Crippen LogP contribution in [0.15, 0.2) is 36.7 Å². The quantitative estimate of drug-likeness (QED) is 0.676. The van der Waals surface area contributed by atoms with E-state index in [1.807, 2.05) is 0 Å². The van der Waals surface area contributed by atoms with Crippen LogP contribution in [0.4, 0.5) is 15.9 Å². The van der Waals surface area contributed by atoms with Crippen molar-refractivity contribution in [3.05, 3.63) is 47.6 Å². The Labute approximate surface area is 113 Å². The van der Waals surface area contributed by atoms with Crippen molar-refractivity contribution in [2.45, 2.75) is 0 Å². The van der Waals surface area contributed by atoms with Gasteiger partial charge in [0.25, 0.3) is 5.78 Å². The minimum Gasteiger partial charge on any atom is -0.329 e. The van der Waals surface area contributed by atoms with Crippen molar-refractivity contribution in [1.29, 1.82) is 0 Å². The Morgan fingerprint density at radius 1 is 1.32 bits per heavy atom. The van der Waals surface area contributed by atoms with Gasteiger partial charge < -0.3 is 4.90 Å². The molecule has 2 aromatic heterocycles. The molecule has 0 saturated heterocycles. The summed E-state index contributed by atoms with van der Waals surface area (Å²) >= 11 is 5.95. The van der Waals surface area contributed by atoms with Crippen molar-refractivity contribution < 1.29 is 4.39 Å². The number of benzene rings is 1. The van der Waals surface area contributed by atoms with Gasteiger partial charge in [0.1, 0.15) is 23.1 Å². The molecule has 0 fully saturated rings. The lowest BCUT2D eigenvalue weighted by atomic mass is 10.3. The summed E-state index contributed by atoms with van der Waals surface area (Å²) in [4.78, 5) is 9.80. The van der Waals surface area contributed by atoms with Gasteiger partial charge in [0.2, 0.25) is 0 Å². The zero-order chi connectivity index (χ0) is 13.4. The summed E-state index contributed by atoms with van der Waals surface area (Å²) in [5.74, 6) is 0.739. The second-order valence-corrected chi connectivity index (χ2v) is 4.34. The largest absolute Gasteiger partial charge is 0.329 e. The van der Waals surface area contributed by atoms with E-state index in [1.54, 1.807) is 30.1 Å². The first-order valence-corrected chi connectivity index (χ1v) is 5.88. The first kappa shape index (κ1) is 11.9. The number of anilines is 2. The fourth-order valence-corrected chi connectivity index (χ4v) is 2.00. The maximum Gasteiger partial charge on any atom is 0.255 e. The molecule has 2 heterocycles. The normalized spacial score (nSPS) is 10.9. The van der Waals surface area contributed by atoms with Gasteiger partial charge in [-0.1, -0.05) is 17.7 Å². The number of rotatable bonds is 2. The fraction of sp³-hybridized carbons (Fsp3) is 0.0833. The highest BCUT2D eigenvalue weighted by molar-refractivity contribution is 6.29. The summed E-state index contributed by atoms with van der Waals surface area (Å²) in [6.45, 7) is 0. The van der Waals surface area contributed by atoms with E-state index in [4.69, 9.17) is 11.6 Å². The van der Waals surface area contributed by atoms with E-state index in [1.165, 1.54) is 23.0 Å². The van der Waals surface area contributed by atoms with Gasteiger partial charge in [-0.25, -0.2) is 4.39 Å². The highest BCUT2D eigenvalue weighted by atomic mass is 35.5. The molecule has 5 nitrogen and oxygen atoms in total.